The van der Waals surface area contributed by atoms with E-state index in [0.29, 0.717) is 91.7 Å². The first kappa shape index (κ1) is 42.1. The number of benzene rings is 5. The molecule has 0 unspecified atom stereocenters. The molecule has 0 fully saturated rings. The lowest BCUT2D eigenvalue weighted by Crippen LogP contribution is -2.18. The number of phenolic OH excluding ortho intramolecular Hbond substituents is 1. The molecule has 298 valence electrons. The minimum absolute atomic E-state index is 0.142. The van der Waals surface area contributed by atoms with Gasteiger partial charge in [-0.2, -0.15) is 0 Å². The van der Waals surface area contributed by atoms with Gasteiger partial charge in [-0.05, 0) is 130 Å². The number of esters is 2. The summed E-state index contributed by atoms with van der Waals surface area (Å²) in [6, 6.07) is 14.7. The van der Waals surface area contributed by atoms with E-state index in [-0.39, 0.29) is 33.2 Å². The van der Waals surface area contributed by atoms with Crippen LogP contribution in [-0.4, -0.2) is 35.2 Å². The van der Waals surface area contributed by atoms with Gasteiger partial charge in [-0.15, -0.1) is 0 Å². The molecule has 0 radical (unpaired) electrons. The van der Waals surface area contributed by atoms with E-state index in [1.165, 1.54) is 0 Å². The van der Waals surface area contributed by atoms with Gasteiger partial charge >= 0.3 is 17.9 Å². The molecule has 0 spiro atoms. The zero-order valence-electron chi connectivity index (χ0n) is 34.1. The standard InChI is InChI=1S/C46H47ClO10/c1-12-33-29(9)38(44(49)50)25(5)27(7)42(33)57-45(51)37-22(2)18-35(23(3)24(37)4)56-46(52)39-26(6)28(8)43(40(47)41(39)48)55-36-20-32(19-34(53-11)30(36)10)54-21-31-16-14-13-15-17-31/h13-20,48H,12,21H2,1-11H3,(H,49,50). The van der Waals surface area contributed by atoms with Gasteiger partial charge in [0.15, 0.2) is 11.5 Å². The van der Waals surface area contributed by atoms with Crippen LogP contribution in [0.15, 0.2) is 48.5 Å². The lowest BCUT2D eigenvalue weighted by Gasteiger charge is -2.21. The molecule has 11 heteroatoms. The second kappa shape index (κ2) is 17.0. The summed E-state index contributed by atoms with van der Waals surface area (Å²) in [6.07, 6.45) is 0.455. The van der Waals surface area contributed by atoms with Crippen LogP contribution in [0.25, 0.3) is 0 Å². The molecule has 5 rings (SSSR count). The second-order valence-corrected chi connectivity index (χ2v) is 14.4. The van der Waals surface area contributed by atoms with Crippen LogP contribution in [0.3, 0.4) is 0 Å². The lowest BCUT2D eigenvalue weighted by molar-refractivity contribution is 0.0692. The molecule has 2 N–H and O–H groups in total. The van der Waals surface area contributed by atoms with E-state index in [1.54, 1.807) is 80.7 Å². The van der Waals surface area contributed by atoms with Crippen molar-refractivity contribution < 1.29 is 48.3 Å². The lowest BCUT2D eigenvalue weighted by atomic mass is 9.91. The van der Waals surface area contributed by atoms with E-state index in [2.05, 4.69) is 0 Å². The first-order chi connectivity index (χ1) is 26.9. The van der Waals surface area contributed by atoms with E-state index < -0.39 is 23.7 Å². The van der Waals surface area contributed by atoms with Crippen LogP contribution in [0.5, 0.6) is 40.2 Å². The first-order valence-electron chi connectivity index (χ1n) is 18.4. The maximum atomic E-state index is 13.8. The number of carbonyl (C=O) groups excluding carboxylic acids is 2. The average molecular weight is 795 g/mol. The third-order valence-electron chi connectivity index (χ3n) is 10.7. The van der Waals surface area contributed by atoms with Gasteiger partial charge < -0.3 is 33.9 Å². The number of carboxylic acids is 1. The Kier molecular flexibility index (Phi) is 12.6. The number of methoxy groups -OCH3 is 1. The number of aryl methyl sites for hydroxylation is 1. The monoisotopic (exact) mass is 794 g/mol. The third-order valence-corrected chi connectivity index (χ3v) is 11.0. The van der Waals surface area contributed by atoms with Crippen LogP contribution in [0.1, 0.15) is 99.2 Å². The predicted molar refractivity (Wildman–Crippen MR) is 219 cm³/mol. The van der Waals surface area contributed by atoms with Crippen molar-refractivity contribution in [3.05, 3.63) is 131 Å². The number of hydrogen-bond acceptors (Lipinski definition) is 9. The van der Waals surface area contributed by atoms with Crippen molar-refractivity contribution in [1.82, 2.24) is 0 Å². The molecule has 0 bridgehead atoms. The molecule has 0 saturated carbocycles. The Hall–Kier alpha value is -6.00. The Morgan fingerprint density at radius 3 is 1.84 bits per heavy atom. The predicted octanol–water partition coefficient (Wildman–Crippen LogP) is 10.9. The molecule has 0 aromatic heterocycles. The number of aromatic hydroxyl groups is 1. The number of phenols is 1. The van der Waals surface area contributed by atoms with E-state index >= 15 is 0 Å². The fourth-order valence-corrected chi connectivity index (χ4v) is 7.28. The molecule has 0 aliphatic carbocycles. The Labute approximate surface area is 337 Å². The van der Waals surface area contributed by atoms with Crippen molar-refractivity contribution >= 4 is 29.5 Å². The smallest absolute Gasteiger partial charge is 0.347 e. The topological polar surface area (TPSA) is 138 Å². The average Bonchev–Trinajstić information content (AvgIpc) is 3.17. The van der Waals surface area contributed by atoms with Gasteiger partial charge in [-0.1, -0.05) is 48.9 Å². The summed E-state index contributed by atoms with van der Waals surface area (Å²) >= 11 is 6.73. The highest BCUT2D eigenvalue weighted by molar-refractivity contribution is 6.34. The summed E-state index contributed by atoms with van der Waals surface area (Å²) in [5, 5.41) is 21.0. The van der Waals surface area contributed by atoms with E-state index in [9.17, 15) is 24.6 Å². The molecular formula is C46H47ClO10. The molecule has 0 atom stereocenters. The summed E-state index contributed by atoms with van der Waals surface area (Å²) in [6.45, 7) is 17.7. The Morgan fingerprint density at radius 2 is 1.23 bits per heavy atom. The fourth-order valence-electron chi connectivity index (χ4n) is 7.01. The zero-order chi connectivity index (χ0) is 42.0. The van der Waals surface area contributed by atoms with Gasteiger partial charge in [0.1, 0.15) is 45.9 Å². The van der Waals surface area contributed by atoms with Gasteiger partial charge in [0.25, 0.3) is 0 Å². The van der Waals surface area contributed by atoms with Crippen LogP contribution in [0.4, 0.5) is 0 Å². The fraction of sp³-hybridized carbons (Fsp3) is 0.283. The highest BCUT2D eigenvalue weighted by Crippen LogP contribution is 2.46. The number of halogens is 1. The summed E-state index contributed by atoms with van der Waals surface area (Å²) in [5.41, 5.74) is 6.63. The summed E-state index contributed by atoms with van der Waals surface area (Å²) < 4.78 is 29.9. The van der Waals surface area contributed by atoms with Gasteiger partial charge in [-0.25, -0.2) is 14.4 Å². The SMILES string of the molecule is CCc1c(C)c(C(=O)O)c(C)c(C)c1OC(=O)c1c(C)cc(OC(=O)c2c(C)c(C)c(Oc3cc(OCc4ccccc4)cc(OC)c3C)c(Cl)c2O)c(C)c1C. The molecule has 0 aliphatic heterocycles. The van der Waals surface area contributed by atoms with Crippen LogP contribution in [-0.2, 0) is 13.0 Å². The normalized spacial score (nSPS) is 10.9. The molecular weight excluding hydrogens is 748 g/mol. The Bertz CT molecular complexity index is 2400. The van der Waals surface area contributed by atoms with Crippen molar-refractivity contribution in [3.63, 3.8) is 0 Å². The summed E-state index contributed by atoms with van der Waals surface area (Å²) in [7, 11) is 1.54. The van der Waals surface area contributed by atoms with Crippen molar-refractivity contribution in [3.8, 4) is 40.2 Å². The number of carboxylic acid groups (broad SMARTS) is 1. The maximum Gasteiger partial charge on any atom is 0.347 e. The Morgan fingerprint density at radius 1 is 0.649 bits per heavy atom. The molecule has 0 heterocycles. The first-order valence-corrected chi connectivity index (χ1v) is 18.8. The maximum absolute atomic E-state index is 13.8. The molecule has 57 heavy (non-hydrogen) atoms. The van der Waals surface area contributed by atoms with Crippen molar-refractivity contribution in [2.24, 2.45) is 0 Å². The second-order valence-electron chi connectivity index (χ2n) is 14.1. The quantitative estimate of drug-likeness (QED) is 0.0927. The number of hydrogen-bond donors (Lipinski definition) is 2. The van der Waals surface area contributed by atoms with E-state index in [1.807, 2.05) is 44.2 Å². The van der Waals surface area contributed by atoms with E-state index in [0.717, 1.165) is 5.56 Å². The number of aromatic carboxylic acids is 1. The number of carbonyl (C=O) groups is 3. The van der Waals surface area contributed by atoms with Crippen LogP contribution in [0.2, 0.25) is 5.02 Å². The molecule has 0 amide bonds. The molecule has 5 aromatic rings. The minimum Gasteiger partial charge on any atom is -0.505 e. The van der Waals surface area contributed by atoms with Crippen molar-refractivity contribution in [1.29, 1.82) is 0 Å². The van der Waals surface area contributed by atoms with E-state index in [4.69, 9.17) is 35.3 Å². The minimum atomic E-state index is -1.04. The highest BCUT2D eigenvalue weighted by Gasteiger charge is 2.29. The van der Waals surface area contributed by atoms with Gasteiger partial charge in [-0.3, -0.25) is 0 Å². The number of ether oxygens (including phenoxy) is 5. The van der Waals surface area contributed by atoms with Crippen LogP contribution in [0, 0.1) is 62.3 Å². The summed E-state index contributed by atoms with van der Waals surface area (Å²) in [5.74, 6) is -1.01. The zero-order valence-corrected chi connectivity index (χ0v) is 34.8. The van der Waals surface area contributed by atoms with Crippen molar-refractivity contribution in [2.75, 3.05) is 7.11 Å². The van der Waals surface area contributed by atoms with Gasteiger partial charge in [0.2, 0.25) is 0 Å². The highest BCUT2D eigenvalue weighted by atomic mass is 35.5. The Balaban J connectivity index is 1.43. The molecule has 10 nitrogen and oxygen atoms in total. The van der Waals surface area contributed by atoms with Crippen LogP contribution < -0.4 is 23.7 Å². The molecule has 0 saturated heterocycles. The van der Waals surface area contributed by atoms with Gasteiger partial charge in [0.05, 0.1) is 18.2 Å². The van der Waals surface area contributed by atoms with Crippen LogP contribution >= 0.6 is 11.6 Å². The third kappa shape index (κ3) is 8.14. The van der Waals surface area contributed by atoms with Gasteiger partial charge in [0, 0.05) is 17.7 Å². The number of rotatable bonds is 12. The molecule has 0 aliphatic rings. The largest absolute Gasteiger partial charge is 0.505 e. The van der Waals surface area contributed by atoms with Crippen molar-refractivity contribution in [2.45, 2.75) is 82.3 Å². The molecule has 5 aromatic carbocycles. The summed E-state index contributed by atoms with van der Waals surface area (Å²) in [4.78, 5) is 39.6.